The van der Waals surface area contributed by atoms with E-state index in [0.29, 0.717) is 4.57 Å². The SMILES string of the molecule is [2H]Cn1c([2H])nc2c1c(=O)n(C([2H])([2H])[2H])c(=O)n2C[2H]. The van der Waals surface area contributed by atoms with E-state index in [2.05, 4.69) is 4.98 Å². The maximum Gasteiger partial charge on any atom is 0.332 e. The van der Waals surface area contributed by atoms with Crippen molar-refractivity contribution in [3.63, 3.8) is 0 Å². The molecule has 6 heteroatoms. The topological polar surface area (TPSA) is 61.8 Å². The average molecular weight is 200 g/mol. The number of hydrogen-bond acceptors (Lipinski definition) is 3. The summed E-state index contributed by atoms with van der Waals surface area (Å²) in [4.78, 5) is 27.8. The summed E-state index contributed by atoms with van der Waals surface area (Å²) in [5.74, 6) is 0. The molecule has 0 aliphatic carbocycles. The van der Waals surface area contributed by atoms with E-state index in [1.807, 2.05) is 0 Å². The average Bonchev–Trinajstić information content (AvgIpc) is 2.64. The van der Waals surface area contributed by atoms with Crippen molar-refractivity contribution in [2.75, 3.05) is 0 Å². The second kappa shape index (κ2) is 2.57. The molecule has 6 nitrogen and oxygen atoms in total. The second-order valence-corrected chi connectivity index (χ2v) is 2.66. The summed E-state index contributed by atoms with van der Waals surface area (Å²) in [6.45, 7) is -3.02. The van der Waals surface area contributed by atoms with Gasteiger partial charge in [0.2, 0.25) is 0 Å². The van der Waals surface area contributed by atoms with E-state index in [9.17, 15) is 9.59 Å². The van der Waals surface area contributed by atoms with Gasteiger partial charge in [-0.15, -0.1) is 0 Å². The molecular formula is C8H10N4O2. The van der Waals surface area contributed by atoms with E-state index in [1.54, 1.807) is 0 Å². The fraction of sp³-hybridized carbons (Fsp3) is 0.375. The Bertz CT molecular complexity index is 785. The van der Waals surface area contributed by atoms with Gasteiger partial charge in [-0.1, -0.05) is 0 Å². The molecule has 0 aliphatic rings. The van der Waals surface area contributed by atoms with Crippen LogP contribution in [0.15, 0.2) is 15.9 Å². The van der Waals surface area contributed by atoms with Crippen LogP contribution in [-0.2, 0) is 21.0 Å². The summed E-state index contributed by atoms with van der Waals surface area (Å²) in [7, 11) is -1.18. The quantitative estimate of drug-likeness (QED) is 0.546. The van der Waals surface area contributed by atoms with Crippen molar-refractivity contribution in [2.45, 2.75) is 0 Å². The fourth-order valence-electron chi connectivity index (χ4n) is 1.13. The van der Waals surface area contributed by atoms with Gasteiger partial charge in [-0.05, 0) is 0 Å². The molecule has 0 amide bonds. The molecule has 0 N–H and O–H groups in total. The monoisotopic (exact) mass is 200 g/mol. The van der Waals surface area contributed by atoms with Crippen molar-refractivity contribution >= 4 is 11.2 Å². The molecule has 74 valence electrons. The molecule has 0 atom stereocenters. The smallest absolute Gasteiger partial charge is 0.328 e. The first-order valence-electron chi connectivity index (χ1n) is 6.97. The summed E-state index contributed by atoms with van der Waals surface area (Å²) in [5, 5.41) is 0. The molecule has 0 aromatic carbocycles. The van der Waals surface area contributed by atoms with E-state index < -0.39 is 38.6 Å². The first kappa shape index (κ1) is 4.12. The minimum atomic E-state index is -3.02. The lowest BCUT2D eigenvalue weighted by molar-refractivity contribution is 0.705. The summed E-state index contributed by atoms with van der Waals surface area (Å²) in [6, 6.07) is 0. The van der Waals surface area contributed by atoms with Gasteiger partial charge in [0.1, 0.15) is 1.37 Å². The maximum absolute atomic E-state index is 12.2. The van der Waals surface area contributed by atoms with E-state index in [1.165, 1.54) is 0 Å². The minimum Gasteiger partial charge on any atom is -0.328 e. The van der Waals surface area contributed by atoms with Gasteiger partial charge in [0, 0.05) is 27.9 Å². The number of fused-ring (bicyclic) bond motifs is 1. The highest BCUT2D eigenvalue weighted by Gasteiger charge is 2.11. The van der Waals surface area contributed by atoms with Crippen molar-refractivity contribution < 1.29 is 8.22 Å². The van der Waals surface area contributed by atoms with Crippen LogP contribution in [0.4, 0.5) is 0 Å². The Morgan fingerprint density at radius 3 is 2.93 bits per heavy atom. The van der Waals surface area contributed by atoms with Crippen LogP contribution < -0.4 is 11.2 Å². The molecule has 0 fully saturated rings. The van der Waals surface area contributed by atoms with Gasteiger partial charge in [0.05, 0.1) is 6.30 Å². The Morgan fingerprint density at radius 2 is 2.29 bits per heavy atom. The van der Waals surface area contributed by atoms with Crippen LogP contribution in [0, 0.1) is 0 Å². The first-order chi connectivity index (χ1) is 9.23. The van der Waals surface area contributed by atoms with Gasteiger partial charge in [0.25, 0.3) is 5.56 Å². The van der Waals surface area contributed by atoms with Crippen LogP contribution in [0.1, 0.15) is 8.22 Å². The van der Waals surface area contributed by atoms with Crippen molar-refractivity contribution in [3.05, 3.63) is 27.1 Å². The first-order valence-corrected chi connectivity index (χ1v) is 3.55. The standard InChI is InChI=1S/C8H10N4O2/c1-10-4-9-6-5(10)7(13)12(3)8(14)11(6)2/h4H,1-3H3/i1D,2D,3D3,4D. The fourth-order valence-corrected chi connectivity index (χ4v) is 1.13. The maximum atomic E-state index is 12.2. The van der Waals surface area contributed by atoms with Crippen molar-refractivity contribution in [1.82, 2.24) is 18.7 Å². The van der Waals surface area contributed by atoms with Gasteiger partial charge in [-0.3, -0.25) is 13.9 Å². The zero-order valence-corrected chi connectivity index (χ0v) is 7.02. The Kier molecular flexibility index (Phi) is 0.756. The van der Waals surface area contributed by atoms with Gasteiger partial charge in [-0.2, -0.15) is 0 Å². The van der Waals surface area contributed by atoms with Gasteiger partial charge < -0.3 is 4.57 Å². The molecule has 0 bridgehead atoms. The van der Waals surface area contributed by atoms with E-state index >= 15 is 0 Å². The molecular weight excluding hydrogens is 184 g/mol. The number of aryl methyl sites for hydroxylation is 2. The molecule has 0 unspecified atom stereocenters. The Hall–Kier alpha value is -1.85. The van der Waals surface area contributed by atoms with Gasteiger partial charge in [-0.25, -0.2) is 9.78 Å². The predicted octanol–water partition coefficient (Wildman–Crippen LogP) is -1.03. The molecule has 0 saturated carbocycles. The number of rotatable bonds is 0. The van der Waals surface area contributed by atoms with Gasteiger partial charge >= 0.3 is 5.69 Å². The summed E-state index contributed by atoms with van der Waals surface area (Å²) in [5.41, 5.74) is -2.93. The van der Waals surface area contributed by atoms with E-state index in [0.717, 1.165) is 4.57 Å². The van der Waals surface area contributed by atoms with Crippen molar-refractivity contribution in [2.24, 2.45) is 21.0 Å². The number of hydrogen-bond donors (Lipinski definition) is 0. The Morgan fingerprint density at radius 1 is 1.43 bits per heavy atom. The zero-order valence-electron chi connectivity index (χ0n) is 13.0. The number of imidazole rings is 1. The zero-order chi connectivity index (χ0) is 15.2. The normalized spacial score (nSPS) is 18.0. The highest BCUT2D eigenvalue weighted by molar-refractivity contribution is 5.69. The number of nitrogens with zero attached hydrogens (tertiary/aromatic N) is 4. The van der Waals surface area contributed by atoms with Crippen LogP contribution in [0.3, 0.4) is 0 Å². The third-order valence-electron chi connectivity index (χ3n) is 1.84. The predicted molar refractivity (Wildman–Crippen MR) is 51.2 cm³/mol. The van der Waals surface area contributed by atoms with E-state index in [4.69, 9.17) is 8.22 Å². The second-order valence-electron chi connectivity index (χ2n) is 2.66. The highest BCUT2D eigenvalue weighted by atomic mass is 16.2. The van der Waals surface area contributed by atoms with E-state index in [-0.39, 0.29) is 15.7 Å². The molecule has 2 aromatic rings. The molecule has 0 aliphatic heterocycles. The molecule has 0 saturated heterocycles. The van der Waals surface area contributed by atoms with Crippen LogP contribution in [0.5, 0.6) is 0 Å². The highest BCUT2D eigenvalue weighted by Crippen LogP contribution is 2.01. The lowest BCUT2D eigenvalue weighted by Gasteiger charge is -2.02. The van der Waals surface area contributed by atoms with Crippen molar-refractivity contribution in [3.8, 4) is 0 Å². The lowest BCUT2D eigenvalue weighted by Crippen LogP contribution is -2.37. The van der Waals surface area contributed by atoms with Crippen molar-refractivity contribution in [1.29, 1.82) is 0 Å². The Balaban J connectivity index is 3.13. The van der Waals surface area contributed by atoms with Crippen LogP contribution in [-0.4, -0.2) is 18.7 Å². The van der Waals surface area contributed by atoms with Crippen LogP contribution in [0.25, 0.3) is 11.2 Å². The molecule has 14 heavy (non-hydrogen) atoms. The lowest BCUT2D eigenvalue weighted by atomic mass is 10.5. The minimum absolute atomic E-state index is 0.0388. The Labute approximate surface area is 87.5 Å². The summed E-state index contributed by atoms with van der Waals surface area (Å²) >= 11 is 0. The molecule has 2 aromatic heterocycles. The molecule has 0 spiro atoms. The molecule has 2 heterocycles. The third-order valence-corrected chi connectivity index (χ3v) is 1.84. The van der Waals surface area contributed by atoms with Crippen LogP contribution in [0.2, 0.25) is 0 Å². The third kappa shape index (κ3) is 0.876. The molecule has 0 radical (unpaired) electrons. The molecule has 2 rings (SSSR count). The summed E-state index contributed by atoms with van der Waals surface area (Å²) in [6.07, 6.45) is -0.447. The van der Waals surface area contributed by atoms with Crippen LogP contribution >= 0.6 is 0 Å². The number of aromatic nitrogens is 4. The summed E-state index contributed by atoms with van der Waals surface area (Å²) < 4.78 is 45.4. The van der Waals surface area contributed by atoms with Gasteiger partial charge in [0.15, 0.2) is 11.2 Å². The largest absolute Gasteiger partial charge is 0.332 e.